The van der Waals surface area contributed by atoms with Gasteiger partial charge in [-0.25, -0.2) is 4.39 Å². The summed E-state index contributed by atoms with van der Waals surface area (Å²) < 4.78 is 14.2. The normalized spacial score (nSPS) is 13.8. The average molecular weight is 524 g/mol. The monoisotopic (exact) mass is 523 g/mol. The maximum Gasteiger partial charge on any atom is 0.116 e. The van der Waals surface area contributed by atoms with Crippen molar-refractivity contribution in [2.24, 2.45) is 5.92 Å². The molecule has 0 saturated carbocycles. The van der Waals surface area contributed by atoms with Crippen LogP contribution in [-0.4, -0.2) is 13.1 Å². The van der Waals surface area contributed by atoms with Crippen LogP contribution in [0.15, 0.2) is 71.6 Å². The molecule has 1 aromatic carbocycles. The molecular formula is C34H54FN3. The van der Waals surface area contributed by atoms with Crippen molar-refractivity contribution in [2.75, 3.05) is 7.05 Å². The first-order chi connectivity index (χ1) is 17.7. The third kappa shape index (κ3) is 8.38. The second-order valence-corrected chi connectivity index (χ2v) is 11.3. The lowest BCUT2D eigenvalue weighted by molar-refractivity contribution is 0.416. The number of hydrogen-bond donors (Lipinski definition) is 3. The van der Waals surface area contributed by atoms with E-state index in [1.54, 1.807) is 0 Å². The molecule has 0 aliphatic carbocycles. The van der Waals surface area contributed by atoms with E-state index in [0.717, 1.165) is 53.9 Å². The van der Waals surface area contributed by atoms with Gasteiger partial charge in [0.1, 0.15) is 5.83 Å². The molecule has 0 heterocycles. The van der Waals surface area contributed by atoms with Crippen LogP contribution in [0.25, 0.3) is 5.57 Å². The highest BCUT2D eigenvalue weighted by molar-refractivity contribution is 5.74. The van der Waals surface area contributed by atoms with Crippen molar-refractivity contribution in [1.29, 1.82) is 0 Å². The molecule has 0 aromatic heterocycles. The van der Waals surface area contributed by atoms with Crippen molar-refractivity contribution in [2.45, 2.75) is 106 Å². The number of hydrogen-bond acceptors (Lipinski definition) is 3. The number of rotatable bonds is 15. The van der Waals surface area contributed by atoms with E-state index in [-0.39, 0.29) is 23.2 Å². The minimum absolute atomic E-state index is 0.00941. The van der Waals surface area contributed by atoms with E-state index in [4.69, 9.17) is 0 Å². The molecule has 0 atom stereocenters. The predicted octanol–water partition coefficient (Wildman–Crippen LogP) is 9.20. The van der Waals surface area contributed by atoms with Crippen molar-refractivity contribution >= 4 is 5.57 Å². The first kappa shape index (κ1) is 33.3. The standard InChI is InChI=1S/C34H54FN3/c1-14-18-34(19-15-2,23(5)6)30-17-16-29(20-26(30)10)25(9)21-31(36-13)33(37-24(7)8)28(12)38-32(22(3)4)27(11)35/h16-17,20-22,24,36-38H,5,9,14-15,18-19H2,1-4,6-8,10-13H3/b31-21+,32-27-,33-28-. The SMILES string of the molecule is C=C(/C=C(NC)\C(NC(C)C)=C(/C)N/C(=C(/C)F)C(C)C)c1ccc(C(CCC)(CCC)C(=C)C)c(C)c1. The molecule has 212 valence electrons. The number of halogens is 1. The second kappa shape index (κ2) is 15.0. The zero-order chi connectivity index (χ0) is 29.2. The number of allylic oxidation sites excluding steroid dienone is 6. The highest BCUT2D eigenvalue weighted by Crippen LogP contribution is 2.42. The molecule has 0 aliphatic heterocycles. The summed E-state index contributed by atoms with van der Waals surface area (Å²) in [5, 5.41) is 10.2. The second-order valence-electron chi connectivity index (χ2n) is 11.3. The Bertz CT molecular complexity index is 1060. The number of benzene rings is 1. The Morgan fingerprint density at radius 2 is 1.61 bits per heavy atom. The Morgan fingerprint density at radius 1 is 1.03 bits per heavy atom. The zero-order valence-electron chi connectivity index (χ0n) is 26.1. The van der Waals surface area contributed by atoms with E-state index in [2.05, 4.69) is 94.9 Å². The van der Waals surface area contributed by atoms with Gasteiger partial charge in [0.25, 0.3) is 0 Å². The molecule has 1 aromatic rings. The van der Waals surface area contributed by atoms with E-state index < -0.39 is 0 Å². The van der Waals surface area contributed by atoms with E-state index in [0.29, 0.717) is 5.70 Å². The Hall–Kier alpha value is -2.75. The first-order valence-electron chi connectivity index (χ1n) is 14.2. The van der Waals surface area contributed by atoms with Crippen molar-refractivity contribution in [3.05, 3.63) is 88.3 Å². The fraction of sp³-hybridized carbons (Fsp3) is 0.529. The van der Waals surface area contributed by atoms with Gasteiger partial charge in [0.05, 0.1) is 11.4 Å². The van der Waals surface area contributed by atoms with E-state index in [1.807, 2.05) is 27.8 Å². The van der Waals surface area contributed by atoms with E-state index in [9.17, 15) is 4.39 Å². The lowest BCUT2D eigenvalue weighted by Gasteiger charge is -2.36. The van der Waals surface area contributed by atoms with Gasteiger partial charge in [-0.2, -0.15) is 0 Å². The zero-order valence-corrected chi connectivity index (χ0v) is 26.1. The van der Waals surface area contributed by atoms with Gasteiger partial charge in [-0.05, 0) is 88.6 Å². The summed E-state index contributed by atoms with van der Waals surface area (Å²) in [6.45, 7) is 29.4. The molecule has 0 aliphatic rings. The molecule has 3 nitrogen and oxygen atoms in total. The molecule has 3 N–H and O–H groups in total. The Balaban J connectivity index is 3.57. The van der Waals surface area contributed by atoms with Crippen LogP contribution in [0.2, 0.25) is 0 Å². The molecule has 38 heavy (non-hydrogen) atoms. The summed E-state index contributed by atoms with van der Waals surface area (Å²) >= 11 is 0. The van der Waals surface area contributed by atoms with Crippen molar-refractivity contribution < 1.29 is 4.39 Å². The van der Waals surface area contributed by atoms with Crippen LogP contribution < -0.4 is 16.0 Å². The number of nitrogens with one attached hydrogen (secondary N) is 3. The third-order valence-electron chi connectivity index (χ3n) is 7.22. The van der Waals surface area contributed by atoms with Crippen molar-refractivity contribution in [3.63, 3.8) is 0 Å². The van der Waals surface area contributed by atoms with Gasteiger partial charge in [-0.1, -0.05) is 77.5 Å². The molecule has 0 unspecified atom stereocenters. The fourth-order valence-corrected chi connectivity index (χ4v) is 5.40. The van der Waals surface area contributed by atoms with Gasteiger partial charge in [0.2, 0.25) is 0 Å². The van der Waals surface area contributed by atoms with Crippen molar-refractivity contribution in [3.8, 4) is 0 Å². The number of likely N-dealkylation sites (N-methyl/N-ethyl adjacent to an activating group) is 1. The highest BCUT2D eigenvalue weighted by Gasteiger charge is 2.32. The maximum atomic E-state index is 14.2. The number of aryl methyl sites for hydroxylation is 1. The lowest BCUT2D eigenvalue weighted by Crippen LogP contribution is -2.31. The summed E-state index contributed by atoms with van der Waals surface area (Å²) in [7, 11) is 1.90. The van der Waals surface area contributed by atoms with Gasteiger partial charge in [-0.3, -0.25) is 0 Å². The molecule has 0 radical (unpaired) electrons. The Morgan fingerprint density at radius 3 is 2.00 bits per heavy atom. The molecule has 0 bridgehead atoms. The van der Waals surface area contributed by atoms with Crippen LogP contribution >= 0.6 is 0 Å². The van der Waals surface area contributed by atoms with Crippen LogP contribution in [0.4, 0.5) is 4.39 Å². The summed E-state index contributed by atoms with van der Waals surface area (Å²) in [5.74, 6) is -0.157. The Labute approximate surface area is 233 Å². The van der Waals surface area contributed by atoms with E-state index in [1.165, 1.54) is 23.6 Å². The van der Waals surface area contributed by atoms with Crippen LogP contribution in [0, 0.1) is 12.8 Å². The van der Waals surface area contributed by atoms with Gasteiger partial charge in [0.15, 0.2) is 0 Å². The van der Waals surface area contributed by atoms with Crippen LogP contribution in [0.5, 0.6) is 0 Å². The molecule has 0 fully saturated rings. The summed E-state index contributed by atoms with van der Waals surface area (Å²) in [6, 6.07) is 6.91. The molecule has 0 saturated heterocycles. The predicted molar refractivity (Wildman–Crippen MR) is 166 cm³/mol. The van der Waals surface area contributed by atoms with Gasteiger partial charge in [0, 0.05) is 29.9 Å². The summed E-state index contributed by atoms with van der Waals surface area (Å²) in [6.07, 6.45) is 6.52. The van der Waals surface area contributed by atoms with E-state index >= 15 is 0 Å². The molecular weight excluding hydrogens is 469 g/mol. The van der Waals surface area contributed by atoms with Gasteiger partial charge in [-0.15, -0.1) is 0 Å². The third-order valence-corrected chi connectivity index (χ3v) is 7.22. The van der Waals surface area contributed by atoms with Gasteiger partial charge >= 0.3 is 0 Å². The summed E-state index contributed by atoms with van der Waals surface area (Å²) in [5.41, 5.74) is 9.11. The lowest BCUT2D eigenvalue weighted by atomic mass is 9.67. The molecule has 0 amide bonds. The van der Waals surface area contributed by atoms with Crippen LogP contribution in [-0.2, 0) is 5.41 Å². The maximum absolute atomic E-state index is 14.2. The fourth-order valence-electron chi connectivity index (χ4n) is 5.40. The highest BCUT2D eigenvalue weighted by atomic mass is 19.1. The topological polar surface area (TPSA) is 36.1 Å². The minimum atomic E-state index is -0.199. The molecule has 0 spiro atoms. The largest absolute Gasteiger partial charge is 0.386 e. The quantitative estimate of drug-likeness (QED) is 0.158. The van der Waals surface area contributed by atoms with Crippen LogP contribution in [0.1, 0.15) is 105 Å². The molecule has 4 heteroatoms. The van der Waals surface area contributed by atoms with Gasteiger partial charge < -0.3 is 16.0 Å². The first-order valence-corrected chi connectivity index (χ1v) is 14.2. The summed E-state index contributed by atoms with van der Waals surface area (Å²) in [4.78, 5) is 0. The van der Waals surface area contributed by atoms with Crippen LogP contribution in [0.3, 0.4) is 0 Å². The Kier molecular flexibility index (Phi) is 13.1. The minimum Gasteiger partial charge on any atom is -0.386 e. The van der Waals surface area contributed by atoms with Crippen molar-refractivity contribution in [1.82, 2.24) is 16.0 Å². The molecule has 1 rings (SSSR count). The smallest absolute Gasteiger partial charge is 0.116 e. The average Bonchev–Trinajstić information content (AvgIpc) is 2.83.